The molecule has 0 aromatic heterocycles. The van der Waals surface area contributed by atoms with Crippen molar-refractivity contribution >= 4 is 30.3 Å². The van der Waals surface area contributed by atoms with Gasteiger partial charge in [-0.15, -0.1) is 0 Å². The van der Waals surface area contributed by atoms with Crippen molar-refractivity contribution in [2.24, 2.45) is 0 Å². The van der Waals surface area contributed by atoms with Crippen molar-refractivity contribution in [3.05, 3.63) is 35.4 Å². The number of aliphatic hydroxyl groups excluding tert-OH is 1. The zero-order chi connectivity index (χ0) is 15.7. The Bertz CT molecular complexity index is 440. The Morgan fingerprint density at radius 1 is 1.43 bits per heavy atom. The van der Waals surface area contributed by atoms with Gasteiger partial charge < -0.3 is 10.0 Å². The van der Waals surface area contributed by atoms with Gasteiger partial charge in [0, 0.05) is 13.0 Å². The minimum atomic E-state index is -0.121. The number of hydrogen-bond donors (Lipinski definition) is 2. The summed E-state index contributed by atoms with van der Waals surface area (Å²) in [6.07, 6.45) is 3.25. The molecule has 118 valence electrons. The number of rotatable bonds is 9. The second-order valence-electron chi connectivity index (χ2n) is 5.04. The van der Waals surface area contributed by atoms with Gasteiger partial charge in [0.25, 0.3) is 0 Å². The van der Waals surface area contributed by atoms with E-state index in [1.807, 2.05) is 42.3 Å². The summed E-state index contributed by atoms with van der Waals surface area (Å²) in [5.74, 6) is 1.53. The third-order valence-corrected chi connectivity index (χ3v) is 4.42. The Labute approximate surface area is 137 Å². The van der Waals surface area contributed by atoms with Crippen LogP contribution in [-0.4, -0.2) is 46.3 Å². The van der Waals surface area contributed by atoms with Gasteiger partial charge in [0.15, 0.2) is 0 Å². The van der Waals surface area contributed by atoms with Crippen molar-refractivity contribution in [2.75, 3.05) is 24.4 Å². The number of thioether (sulfide) groups is 1. The fourth-order valence-electron chi connectivity index (χ4n) is 2.23. The molecule has 0 aliphatic heterocycles. The average molecular weight is 328 g/mol. The van der Waals surface area contributed by atoms with E-state index in [0.29, 0.717) is 18.7 Å². The minimum absolute atomic E-state index is 0.00471. The van der Waals surface area contributed by atoms with E-state index in [2.05, 4.69) is 12.6 Å². The number of aryl methyl sites for hydroxylation is 1. The molecule has 0 saturated carbocycles. The quantitative estimate of drug-likeness (QED) is 0.685. The maximum atomic E-state index is 12.4. The van der Waals surface area contributed by atoms with Crippen LogP contribution in [0.3, 0.4) is 0 Å². The van der Waals surface area contributed by atoms with Crippen LogP contribution < -0.4 is 0 Å². The van der Waals surface area contributed by atoms with E-state index in [9.17, 15) is 9.90 Å². The van der Waals surface area contributed by atoms with Crippen LogP contribution in [0.1, 0.15) is 24.0 Å². The molecule has 0 fully saturated rings. The Kier molecular flexibility index (Phi) is 8.88. The Morgan fingerprint density at radius 2 is 2.14 bits per heavy atom. The molecule has 21 heavy (non-hydrogen) atoms. The summed E-state index contributed by atoms with van der Waals surface area (Å²) in [4.78, 5) is 14.2. The number of carbonyl (C=O) groups is 1. The van der Waals surface area contributed by atoms with Crippen molar-refractivity contribution < 1.29 is 9.90 Å². The van der Waals surface area contributed by atoms with Crippen molar-refractivity contribution in [1.29, 1.82) is 0 Å². The van der Waals surface area contributed by atoms with Gasteiger partial charge in [-0.1, -0.05) is 24.3 Å². The van der Waals surface area contributed by atoms with Crippen LogP contribution in [0.5, 0.6) is 0 Å². The van der Waals surface area contributed by atoms with Gasteiger partial charge in [-0.25, -0.2) is 0 Å². The highest BCUT2D eigenvalue weighted by atomic mass is 32.2. The van der Waals surface area contributed by atoms with Gasteiger partial charge in [0.05, 0.1) is 12.6 Å². The molecule has 0 radical (unpaired) electrons. The van der Waals surface area contributed by atoms with Crippen molar-refractivity contribution in [2.45, 2.75) is 32.4 Å². The zero-order valence-electron chi connectivity index (χ0n) is 12.8. The lowest BCUT2D eigenvalue weighted by atomic mass is 10.1. The predicted octanol–water partition coefficient (Wildman–Crippen LogP) is 2.76. The summed E-state index contributed by atoms with van der Waals surface area (Å²) >= 11 is 5.89. The highest BCUT2D eigenvalue weighted by Gasteiger charge is 2.23. The summed E-state index contributed by atoms with van der Waals surface area (Å²) in [6.45, 7) is 2.61. The number of aliphatic hydroxyl groups is 1. The number of hydrogen-bond acceptors (Lipinski definition) is 4. The van der Waals surface area contributed by atoms with E-state index >= 15 is 0 Å². The summed E-state index contributed by atoms with van der Waals surface area (Å²) in [6, 6.07) is 7.95. The third-order valence-electron chi connectivity index (χ3n) is 3.55. The normalized spacial score (nSPS) is 12.2. The first-order valence-electron chi connectivity index (χ1n) is 7.18. The molecule has 1 aromatic carbocycles. The first-order valence-corrected chi connectivity index (χ1v) is 9.21. The van der Waals surface area contributed by atoms with E-state index in [0.717, 1.165) is 17.7 Å². The molecule has 1 amide bonds. The van der Waals surface area contributed by atoms with Gasteiger partial charge in [-0.3, -0.25) is 4.79 Å². The number of amides is 1. The number of thiol groups is 1. The van der Waals surface area contributed by atoms with Crippen LogP contribution in [0.15, 0.2) is 24.3 Å². The van der Waals surface area contributed by atoms with Gasteiger partial charge in [0.2, 0.25) is 5.91 Å². The second-order valence-corrected chi connectivity index (χ2v) is 6.47. The standard InChI is InChI=1S/C16H25NO2S2/c1-13-5-3-4-6-14(13)11-17(16(19)7-9-20)15(12-18)8-10-21-2/h3-6,15,18,20H,7-12H2,1-2H3/t15-/m0/s1. The van der Waals surface area contributed by atoms with E-state index in [4.69, 9.17) is 0 Å². The molecule has 5 heteroatoms. The smallest absolute Gasteiger partial charge is 0.224 e. The lowest BCUT2D eigenvalue weighted by Crippen LogP contribution is -2.42. The Hall–Kier alpha value is -0.650. The Morgan fingerprint density at radius 3 is 2.71 bits per heavy atom. The van der Waals surface area contributed by atoms with Gasteiger partial charge >= 0.3 is 0 Å². The molecule has 0 heterocycles. The SMILES string of the molecule is CSCC[C@@H](CO)N(Cc1ccccc1C)C(=O)CCS. The van der Waals surface area contributed by atoms with Crippen molar-refractivity contribution in [1.82, 2.24) is 4.90 Å². The highest BCUT2D eigenvalue weighted by molar-refractivity contribution is 7.98. The van der Waals surface area contributed by atoms with Crippen LogP contribution in [0, 0.1) is 6.92 Å². The molecule has 0 aliphatic rings. The summed E-state index contributed by atoms with van der Waals surface area (Å²) < 4.78 is 0. The predicted molar refractivity (Wildman–Crippen MR) is 94.1 cm³/mol. The molecule has 0 bridgehead atoms. The molecule has 1 N–H and O–H groups in total. The number of benzene rings is 1. The fraction of sp³-hybridized carbons (Fsp3) is 0.562. The maximum absolute atomic E-state index is 12.4. The first kappa shape index (κ1) is 18.4. The lowest BCUT2D eigenvalue weighted by molar-refractivity contribution is -0.134. The molecule has 3 nitrogen and oxygen atoms in total. The van der Waals surface area contributed by atoms with Crippen LogP contribution >= 0.6 is 24.4 Å². The molecular weight excluding hydrogens is 302 g/mol. The molecular formula is C16H25NO2S2. The summed E-state index contributed by atoms with van der Waals surface area (Å²) in [5.41, 5.74) is 2.30. The van der Waals surface area contributed by atoms with Crippen LogP contribution in [0.4, 0.5) is 0 Å². The summed E-state index contributed by atoms with van der Waals surface area (Å²) in [5, 5.41) is 9.67. The largest absolute Gasteiger partial charge is 0.394 e. The highest BCUT2D eigenvalue weighted by Crippen LogP contribution is 2.17. The molecule has 1 aromatic rings. The van der Waals surface area contributed by atoms with Gasteiger partial charge in [-0.2, -0.15) is 24.4 Å². The van der Waals surface area contributed by atoms with Crippen LogP contribution in [0.25, 0.3) is 0 Å². The van der Waals surface area contributed by atoms with Crippen molar-refractivity contribution in [3.8, 4) is 0 Å². The van der Waals surface area contributed by atoms with E-state index in [1.165, 1.54) is 5.56 Å². The van der Waals surface area contributed by atoms with E-state index in [-0.39, 0.29) is 18.6 Å². The monoisotopic (exact) mass is 327 g/mol. The fourth-order valence-corrected chi connectivity index (χ4v) is 2.93. The van der Waals surface area contributed by atoms with Gasteiger partial charge in [0.1, 0.15) is 0 Å². The average Bonchev–Trinajstić information content (AvgIpc) is 2.48. The van der Waals surface area contributed by atoms with Crippen molar-refractivity contribution in [3.63, 3.8) is 0 Å². The lowest BCUT2D eigenvalue weighted by Gasteiger charge is -2.31. The zero-order valence-corrected chi connectivity index (χ0v) is 14.5. The molecule has 0 unspecified atom stereocenters. The molecule has 1 atom stereocenters. The molecule has 0 saturated heterocycles. The van der Waals surface area contributed by atoms with Crippen LogP contribution in [-0.2, 0) is 11.3 Å². The third kappa shape index (κ3) is 5.93. The van der Waals surface area contributed by atoms with E-state index < -0.39 is 0 Å². The van der Waals surface area contributed by atoms with Crippen LogP contribution in [0.2, 0.25) is 0 Å². The molecule has 1 rings (SSSR count). The number of nitrogens with zero attached hydrogens (tertiary/aromatic N) is 1. The second kappa shape index (κ2) is 10.1. The molecule has 0 aliphatic carbocycles. The molecule has 0 spiro atoms. The summed E-state index contributed by atoms with van der Waals surface area (Å²) in [7, 11) is 0. The van der Waals surface area contributed by atoms with E-state index in [1.54, 1.807) is 11.8 Å². The maximum Gasteiger partial charge on any atom is 0.224 e. The Balaban J connectivity index is 2.90. The minimum Gasteiger partial charge on any atom is -0.394 e. The number of carbonyl (C=O) groups excluding carboxylic acids is 1. The first-order chi connectivity index (χ1) is 10.1. The topological polar surface area (TPSA) is 40.5 Å². The van der Waals surface area contributed by atoms with Gasteiger partial charge in [-0.05, 0) is 42.2 Å².